The summed E-state index contributed by atoms with van der Waals surface area (Å²) in [7, 11) is 0. The van der Waals surface area contributed by atoms with Crippen LogP contribution in [0.15, 0.2) is 10.9 Å². The van der Waals surface area contributed by atoms with Crippen molar-refractivity contribution in [3.8, 4) is 0 Å². The SMILES string of the molecule is O=C(O)N1CCN(Cc2cscn2)CC1. The van der Waals surface area contributed by atoms with E-state index < -0.39 is 6.09 Å². The lowest BCUT2D eigenvalue weighted by Gasteiger charge is -2.32. The predicted octanol–water partition coefficient (Wildman–Crippen LogP) is 0.939. The van der Waals surface area contributed by atoms with Crippen molar-refractivity contribution in [2.45, 2.75) is 6.54 Å². The third-order valence-corrected chi connectivity index (χ3v) is 3.15. The summed E-state index contributed by atoms with van der Waals surface area (Å²) in [4.78, 5) is 18.6. The minimum absolute atomic E-state index is 0.597. The van der Waals surface area contributed by atoms with E-state index in [0.29, 0.717) is 13.1 Å². The molecule has 1 N–H and O–H groups in total. The maximum atomic E-state index is 10.7. The Morgan fingerprint density at radius 3 is 2.73 bits per heavy atom. The number of carbonyl (C=O) groups is 1. The van der Waals surface area contributed by atoms with Crippen molar-refractivity contribution < 1.29 is 9.90 Å². The van der Waals surface area contributed by atoms with Crippen molar-refractivity contribution in [3.05, 3.63) is 16.6 Å². The number of hydrogen-bond donors (Lipinski definition) is 1. The van der Waals surface area contributed by atoms with E-state index in [1.165, 1.54) is 4.90 Å². The molecular weight excluding hydrogens is 214 g/mol. The van der Waals surface area contributed by atoms with Crippen LogP contribution in [0.5, 0.6) is 0 Å². The quantitative estimate of drug-likeness (QED) is 0.817. The molecule has 0 unspecified atom stereocenters. The molecule has 1 aliphatic rings. The zero-order chi connectivity index (χ0) is 10.7. The van der Waals surface area contributed by atoms with E-state index in [2.05, 4.69) is 9.88 Å². The lowest BCUT2D eigenvalue weighted by Crippen LogP contribution is -2.47. The highest BCUT2D eigenvalue weighted by atomic mass is 32.1. The van der Waals surface area contributed by atoms with Gasteiger partial charge in [0.25, 0.3) is 0 Å². The number of thiazole rings is 1. The van der Waals surface area contributed by atoms with Gasteiger partial charge in [-0.1, -0.05) is 0 Å². The first-order chi connectivity index (χ1) is 7.25. The molecule has 0 radical (unpaired) electrons. The zero-order valence-corrected chi connectivity index (χ0v) is 9.11. The molecule has 0 aliphatic carbocycles. The highest BCUT2D eigenvalue weighted by molar-refractivity contribution is 7.07. The number of carboxylic acid groups (broad SMARTS) is 1. The van der Waals surface area contributed by atoms with Gasteiger partial charge >= 0.3 is 6.09 Å². The van der Waals surface area contributed by atoms with Crippen LogP contribution in [0.3, 0.4) is 0 Å². The van der Waals surface area contributed by atoms with Crippen LogP contribution >= 0.6 is 11.3 Å². The highest BCUT2D eigenvalue weighted by Gasteiger charge is 2.20. The summed E-state index contributed by atoms with van der Waals surface area (Å²) in [5.41, 5.74) is 2.90. The summed E-state index contributed by atoms with van der Waals surface area (Å²) in [6.07, 6.45) is -0.816. The Labute approximate surface area is 92.0 Å². The van der Waals surface area contributed by atoms with Gasteiger partial charge in [0.15, 0.2) is 0 Å². The Balaban J connectivity index is 1.81. The molecule has 5 nitrogen and oxygen atoms in total. The number of piperazine rings is 1. The van der Waals surface area contributed by atoms with E-state index in [4.69, 9.17) is 5.11 Å². The Kier molecular flexibility index (Phi) is 3.17. The second kappa shape index (κ2) is 4.59. The number of amides is 1. The normalized spacial score (nSPS) is 18.0. The maximum absolute atomic E-state index is 10.7. The van der Waals surface area contributed by atoms with Gasteiger partial charge in [-0.15, -0.1) is 11.3 Å². The third-order valence-electron chi connectivity index (χ3n) is 2.51. The molecule has 6 heteroatoms. The van der Waals surface area contributed by atoms with Crippen molar-refractivity contribution in [2.24, 2.45) is 0 Å². The summed E-state index contributed by atoms with van der Waals surface area (Å²) < 4.78 is 0. The van der Waals surface area contributed by atoms with E-state index in [0.717, 1.165) is 25.3 Å². The number of hydrogen-bond acceptors (Lipinski definition) is 4. The van der Waals surface area contributed by atoms with Gasteiger partial charge < -0.3 is 10.0 Å². The molecule has 0 atom stereocenters. The first kappa shape index (κ1) is 10.4. The average Bonchev–Trinajstić information content (AvgIpc) is 2.71. The van der Waals surface area contributed by atoms with Gasteiger partial charge in [0.1, 0.15) is 0 Å². The summed E-state index contributed by atoms with van der Waals surface area (Å²) in [5.74, 6) is 0. The molecule has 1 aliphatic heterocycles. The van der Waals surface area contributed by atoms with Crippen molar-refractivity contribution >= 4 is 17.4 Å². The zero-order valence-electron chi connectivity index (χ0n) is 8.30. The van der Waals surface area contributed by atoms with E-state index in [9.17, 15) is 4.79 Å². The highest BCUT2D eigenvalue weighted by Crippen LogP contribution is 2.08. The monoisotopic (exact) mass is 227 g/mol. The summed E-state index contributed by atoms with van der Waals surface area (Å²) in [6, 6.07) is 0. The molecule has 0 spiro atoms. The largest absolute Gasteiger partial charge is 0.465 e. The lowest BCUT2D eigenvalue weighted by molar-refractivity contribution is 0.102. The second-order valence-electron chi connectivity index (χ2n) is 3.53. The maximum Gasteiger partial charge on any atom is 0.407 e. The first-order valence-corrected chi connectivity index (χ1v) is 5.77. The molecule has 82 valence electrons. The van der Waals surface area contributed by atoms with Crippen LogP contribution in [0, 0.1) is 0 Å². The summed E-state index contributed by atoms with van der Waals surface area (Å²) in [6.45, 7) is 3.61. The van der Waals surface area contributed by atoms with Crippen LogP contribution in [-0.4, -0.2) is 52.2 Å². The van der Waals surface area contributed by atoms with Gasteiger partial charge in [-0.05, 0) is 0 Å². The van der Waals surface area contributed by atoms with E-state index >= 15 is 0 Å². The standard InChI is InChI=1S/C9H13N3O2S/c13-9(14)12-3-1-11(2-4-12)5-8-6-15-7-10-8/h6-7H,1-5H2,(H,13,14). The first-order valence-electron chi connectivity index (χ1n) is 4.83. The van der Waals surface area contributed by atoms with Crippen LogP contribution < -0.4 is 0 Å². The minimum atomic E-state index is -0.816. The molecule has 1 aromatic rings. The molecule has 2 rings (SSSR count). The van der Waals surface area contributed by atoms with Crippen LogP contribution in [-0.2, 0) is 6.54 Å². The number of rotatable bonds is 2. The fourth-order valence-electron chi connectivity index (χ4n) is 1.64. The molecule has 1 saturated heterocycles. The molecule has 1 fully saturated rings. The van der Waals surface area contributed by atoms with Crippen LogP contribution in [0.4, 0.5) is 4.79 Å². The van der Waals surface area contributed by atoms with Gasteiger partial charge in [0, 0.05) is 38.1 Å². The van der Waals surface area contributed by atoms with Crippen molar-refractivity contribution in [2.75, 3.05) is 26.2 Å². The Morgan fingerprint density at radius 1 is 1.47 bits per heavy atom. The van der Waals surface area contributed by atoms with Crippen LogP contribution in [0.2, 0.25) is 0 Å². The van der Waals surface area contributed by atoms with Crippen molar-refractivity contribution in [1.29, 1.82) is 0 Å². The minimum Gasteiger partial charge on any atom is -0.465 e. The molecular formula is C9H13N3O2S. The Morgan fingerprint density at radius 2 is 2.20 bits per heavy atom. The topological polar surface area (TPSA) is 56.7 Å². The van der Waals surface area contributed by atoms with Crippen molar-refractivity contribution in [3.63, 3.8) is 0 Å². The van der Waals surface area contributed by atoms with E-state index in [-0.39, 0.29) is 0 Å². The summed E-state index contributed by atoms with van der Waals surface area (Å²) in [5, 5.41) is 10.8. The van der Waals surface area contributed by atoms with Crippen molar-refractivity contribution in [1.82, 2.24) is 14.8 Å². The number of nitrogens with zero attached hydrogens (tertiary/aromatic N) is 3. The molecule has 0 aromatic carbocycles. The molecule has 0 saturated carbocycles. The van der Waals surface area contributed by atoms with Crippen LogP contribution in [0.25, 0.3) is 0 Å². The molecule has 0 bridgehead atoms. The van der Waals surface area contributed by atoms with Crippen LogP contribution in [0.1, 0.15) is 5.69 Å². The van der Waals surface area contributed by atoms with E-state index in [1.54, 1.807) is 11.3 Å². The smallest absolute Gasteiger partial charge is 0.407 e. The average molecular weight is 227 g/mol. The molecule has 1 amide bonds. The molecule has 2 heterocycles. The van der Waals surface area contributed by atoms with Gasteiger partial charge in [0.2, 0.25) is 0 Å². The summed E-state index contributed by atoms with van der Waals surface area (Å²) >= 11 is 1.59. The van der Waals surface area contributed by atoms with Gasteiger partial charge in [0.05, 0.1) is 11.2 Å². The van der Waals surface area contributed by atoms with Gasteiger partial charge in [-0.25, -0.2) is 9.78 Å². The molecule has 15 heavy (non-hydrogen) atoms. The fraction of sp³-hybridized carbons (Fsp3) is 0.556. The van der Waals surface area contributed by atoms with Gasteiger partial charge in [-0.2, -0.15) is 0 Å². The second-order valence-corrected chi connectivity index (χ2v) is 4.24. The van der Waals surface area contributed by atoms with E-state index in [1.807, 2.05) is 10.9 Å². The third kappa shape index (κ3) is 2.66. The lowest BCUT2D eigenvalue weighted by atomic mass is 10.3. The molecule has 1 aromatic heterocycles. The Bertz CT molecular complexity index is 320. The fourth-order valence-corrected chi connectivity index (χ4v) is 2.19. The number of aromatic nitrogens is 1. The van der Waals surface area contributed by atoms with Gasteiger partial charge in [-0.3, -0.25) is 4.90 Å². The predicted molar refractivity (Wildman–Crippen MR) is 57.0 cm³/mol. The Hall–Kier alpha value is -1.14.